The maximum Gasteiger partial charge on any atom is 0.257 e. The predicted molar refractivity (Wildman–Crippen MR) is 130 cm³/mol. The monoisotopic (exact) mass is 467 g/mol. The van der Waals surface area contributed by atoms with Crippen molar-refractivity contribution in [3.8, 4) is 5.75 Å². The fraction of sp³-hybridized carbons (Fsp3) is 0.615. The Hall–Kier alpha value is -2.90. The molecule has 1 aliphatic carbocycles. The summed E-state index contributed by atoms with van der Waals surface area (Å²) >= 11 is 0. The Kier molecular flexibility index (Phi) is 8.55. The van der Waals surface area contributed by atoms with Gasteiger partial charge in [-0.3, -0.25) is 9.59 Å². The van der Waals surface area contributed by atoms with Crippen molar-refractivity contribution in [1.82, 2.24) is 24.6 Å². The minimum atomic E-state index is -0.136. The van der Waals surface area contributed by atoms with Gasteiger partial charge in [0, 0.05) is 19.6 Å². The van der Waals surface area contributed by atoms with Crippen LogP contribution in [0.25, 0.3) is 0 Å². The van der Waals surface area contributed by atoms with Gasteiger partial charge in [-0.25, -0.2) is 9.67 Å². The van der Waals surface area contributed by atoms with Crippen LogP contribution in [0.4, 0.5) is 0 Å². The van der Waals surface area contributed by atoms with Gasteiger partial charge in [0.05, 0.1) is 11.6 Å². The van der Waals surface area contributed by atoms with Crippen molar-refractivity contribution < 1.29 is 14.3 Å². The lowest BCUT2D eigenvalue weighted by Gasteiger charge is -2.40. The zero-order valence-corrected chi connectivity index (χ0v) is 20.3. The van der Waals surface area contributed by atoms with Crippen LogP contribution in [0.3, 0.4) is 0 Å². The third-order valence-corrected chi connectivity index (χ3v) is 7.04. The molecule has 4 rings (SSSR count). The first-order chi connectivity index (χ1) is 16.7. The predicted octanol–water partition coefficient (Wildman–Crippen LogP) is 3.92. The third-order valence-electron chi connectivity index (χ3n) is 7.04. The molecular formula is C26H37N5O3. The fourth-order valence-electron chi connectivity index (χ4n) is 5.19. The van der Waals surface area contributed by atoms with Crippen molar-refractivity contribution in [2.75, 3.05) is 19.6 Å². The lowest BCUT2D eigenvalue weighted by atomic mass is 9.90. The average Bonchev–Trinajstić information content (AvgIpc) is 3.36. The summed E-state index contributed by atoms with van der Waals surface area (Å²) in [5.74, 6) is 0.706. The van der Waals surface area contributed by atoms with Crippen LogP contribution in [-0.2, 0) is 11.3 Å². The highest BCUT2D eigenvalue weighted by atomic mass is 16.5. The van der Waals surface area contributed by atoms with Gasteiger partial charge < -0.3 is 14.5 Å². The summed E-state index contributed by atoms with van der Waals surface area (Å²) in [4.78, 5) is 34.7. The van der Waals surface area contributed by atoms with Crippen LogP contribution in [-0.4, -0.2) is 68.2 Å². The van der Waals surface area contributed by atoms with E-state index < -0.39 is 0 Å². The van der Waals surface area contributed by atoms with E-state index in [9.17, 15) is 9.59 Å². The molecule has 0 N–H and O–H groups in total. The van der Waals surface area contributed by atoms with Gasteiger partial charge in [-0.15, -0.1) is 0 Å². The van der Waals surface area contributed by atoms with Crippen molar-refractivity contribution in [2.24, 2.45) is 0 Å². The molecule has 184 valence electrons. The van der Waals surface area contributed by atoms with E-state index in [0.717, 1.165) is 70.9 Å². The molecule has 2 amide bonds. The van der Waals surface area contributed by atoms with Crippen molar-refractivity contribution in [3.63, 3.8) is 0 Å². The zero-order chi connectivity index (χ0) is 23.8. The summed E-state index contributed by atoms with van der Waals surface area (Å²) in [6.07, 6.45) is 12.0. The first-order valence-electron chi connectivity index (χ1n) is 12.8. The molecule has 1 fully saturated rings. The highest BCUT2D eigenvalue weighted by Crippen LogP contribution is 2.30. The van der Waals surface area contributed by atoms with E-state index in [1.807, 2.05) is 41.0 Å². The lowest BCUT2D eigenvalue weighted by Crippen LogP contribution is -2.52. The SMILES string of the molecule is CCN1CCCCCCCN(C(=O)Cn2cncn2)[C@@H]2CCCC[C@@H]2Oc2ccccc2C1=O. The number of hydrogen-bond donors (Lipinski definition) is 0. The van der Waals surface area contributed by atoms with Crippen LogP contribution < -0.4 is 4.74 Å². The van der Waals surface area contributed by atoms with Crippen molar-refractivity contribution in [2.45, 2.75) is 83.4 Å². The molecule has 34 heavy (non-hydrogen) atoms. The Bertz CT molecular complexity index is 932. The molecule has 0 unspecified atom stereocenters. The third kappa shape index (κ3) is 5.96. The number of hydrogen-bond acceptors (Lipinski definition) is 5. The molecule has 1 aliphatic heterocycles. The van der Waals surface area contributed by atoms with Crippen molar-refractivity contribution in [3.05, 3.63) is 42.5 Å². The number of rotatable bonds is 3. The van der Waals surface area contributed by atoms with E-state index in [-0.39, 0.29) is 30.5 Å². The van der Waals surface area contributed by atoms with E-state index in [1.54, 1.807) is 11.0 Å². The molecule has 2 aliphatic rings. The highest BCUT2D eigenvalue weighted by Gasteiger charge is 2.35. The normalized spacial score (nSPS) is 22.7. The van der Waals surface area contributed by atoms with E-state index in [4.69, 9.17) is 4.74 Å². The van der Waals surface area contributed by atoms with Crippen LogP contribution in [0, 0.1) is 0 Å². The summed E-state index contributed by atoms with van der Waals surface area (Å²) in [6.45, 7) is 4.39. The fourth-order valence-corrected chi connectivity index (χ4v) is 5.19. The van der Waals surface area contributed by atoms with Crippen LogP contribution in [0.5, 0.6) is 5.75 Å². The summed E-state index contributed by atoms with van der Waals surface area (Å²) in [6, 6.07) is 7.56. The smallest absolute Gasteiger partial charge is 0.257 e. The first-order valence-corrected chi connectivity index (χ1v) is 12.8. The number of amides is 2. The lowest BCUT2D eigenvalue weighted by molar-refractivity contribution is -0.137. The van der Waals surface area contributed by atoms with Gasteiger partial charge in [-0.1, -0.05) is 37.8 Å². The van der Waals surface area contributed by atoms with Crippen molar-refractivity contribution >= 4 is 11.8 Å². The molecule has 8 nitrogen and oxygen atoms in total. The molecule has 0 radical (unpaired) electrons. The minimum absolute atomic E-state index is 0.0136. The number of carbonyl (C=O) groups is 2. The molecule has 0 spiro atoms. The molecule has 2 heterocycles. The molecular weight excluding hydrogens is 430 g/mol. The topological polar surface area (TPSA) is 80.6 Å². The van der Waals surface area contributed by atoms with Gasteiger partial charge in [-0.2, -0.15) is 5.10 Å². The van der Waals surface area contributed by atoms with E-state index in [1.165, 1.54) is 6.33 Å². The highest BCUT2D eigenvalue weighted by molar-refractivity contribution is 5.97. The number of fused-ring (bicyclic) bond motifs is 2. The van der Waals surface area contributed by atoms with Gasteiger partial charge in [0.25, 0.3) is 5.91 Å². The summed E-state index contributed by atoms with van der Waals surface area (Å²) in [5, 5.41) is 4.13. The van der Waals surface area contributed by atoms with Crippen LogP contribution in [0.15, 0.2) is 36.9 Å². The van der Waals surface area contributed by atoms with Gasteiger partial charge in [-0.05, 0) is 51.2 Å². The Morgan fingerprint density at radius 2 is 1.79 bits per heavy atom. The number of nitrogens with zero attached hydrogens (tertiary/aromatic N) is 5. The second-order valence-corrected chi connectivity index (χ2v) is 9.34. The van der Waals surface area contributed by atoms with Crippen LogP contribution >= 0.6 is 0 Å². The average molecular weight is 468 g/mol. The molecule has 2 atom stereocenters. The Morgan fingerprint density at radius 3 is 2.59 bits per heavy atom. The second-order valence-electron chi connectivity index (χ2n) is 9.34. The number of para-hydroxylation sites is 1. The molecule has 1 saturated carbocycles. The molecule has 1 aromatic carbocycles. The standard InChI is InChI=1S/C26H37N5O3/c1-2-29-16-10-4-3-5-11-17-31(25(32)18-30-20-27-19-28-30)22-13-7-9-15-24(22)34-23-14-8-6-12-21(23)26(29)33/h6,8,12,14,19-20,22,24H,2-5,7,9-11,13,15-18H2,1H3/t22-,24+/m1/s1. The number of aromatic nitrogens is 3. The van der Waals surface area contributed by atoms with Gasteiger partial charge in [0.1, 0.15) is 31.1 Å². The number of carbonyl (C=O) groups excluding carboxylic acids is 2. The summed E-state index contributed by atoms with van der Waals surface area (Å²) < 4.78 is 8.17. The van der Waals surface area contributed by atoms with Crippen molar-refractivity contribution in [1.29, 1.82) is 0 Å². The summed E-state index contributed by atoms with van der Waals surface area (Å²) in [5.41, 5.74) is 0.615. The van der Waals surface area contributed by atoms with Crippen LogP contribution in [0.1, 0.15) is 75.1 Å². The Morgan fingerprint density at radius 1 is 1.03 bits per heavy atom. The van der Waals surface area contributed by atoms with E-state index in [2.05, 4.69) is 10.1 Å². The van der Waals surface area contributed by atoms with Gasteiger partial charge in [0.2, 0.25) is 5.91 Å². The minimum Gasteiger partial charge on any atom is -0.487 e. The van der Waals surface area contributed by atoms with E-state index in [0.29, 0.717) is 17.9 Å². The Labute approximate surface area is 202 Å². The molecule has 1 aromatic heterocycles. The maximum atomic E-state index is 13.4. The van der Waals surface area contributed by atoms with Crippen LogP contribution in [0.2, 0.25) is 0 Å². The molecule has 8 heteroatoms. The second kappa shape index (κ2) is 12.0. The first kappa shape index (κ1) is 24.2. The van der Waals surface area contributed by atoms with Gasteiger partial charge >= 0.3 is 0 Å². The number of ether oxygens (including phenoxy) is 1. The molecule has 0 bridgehead atoms. The largest absolute Gasteiger partial charge is 0.487 e. The molecule has 2 aromatic rings. The maximum absolute atomic E-state index is 13.4. The zero-order valence-electron chi connectivity index (χ0n) is 20.3. The summed E-state index contributed by atoms with van der Waals surface area (Å²) in [7, 11) is 0. The number of benzene rings is 1. The Balaban J connectivity index is 1.62. The van der Waals surface area contributed by atoms with E-state index >= 15 is 0 Å². The molecule has 0 saturated heterocycles. The van der Waals surface area contributed by atoms with Gasteiger partial charge in [0.15, 0.2) is 0 Å². The quantitative estimate of drug-likeness (QED) is 0.683.